The molecule has 0 amide bonds. The lowest BCUT2D eigenvalue weighted by atomic mass is 10.1. The van der Waals surface area contributed by atoms with Crippen LogP contribution in [-0.2, 0) is 12.1 Å². The number of nitrogens with zero attached hydrogens (tertiary/aromatic N) is 1. The van der Waals surface area contributed by atoms with E-state index in [1.165, 1.54) is 0 Å². The Bertz CT molecular complexity index is 459. The molecule has 1 aromatic heterocycles. The SMILES string of the molecule is COc1cnc(OC(F)(F)F)c(C(F)(F)F)c1CCl. The third kappa shape index (κ3) is 3.79. The first kappa shape index (κ1) is 15.7. The summed E-state index contributed by atoms with van der Waals surface area (Å²) in [6, 6.07) is 0. The molecule has 0 aliphatic carbocycles. The van der Waals surface area contributed by atoms with Gasteiger partial charge >= 0.3 is 12.5 Å². The molecule has 1 aromatic rings. The molecule has 1 rings (SSSR count). The van der Waals surface area contributed by atoms with Crippen molar-refractivity contribution in [1.29, 1.82) is 0 Å². The van der Waals surface area contributed by atoms with Crippen molar-refractivity contribution in [3.05, 3.63) is 17.3 Å². The van der Waals surface area contributed by atoms with E-state index in [4.69, 9.17) is 11.6 Å². The summed E-state index contributed by atoms with van der Waals surface area (Å²) in [4.78, 5) is 2.96. The molecule has 0 bridgehead atoms. The van der Waals surface area contributed by atoms with Gasteiger partial charge in [-0.25, -0.2) is 4.98 Å². The average molecular weight is 310 g/mol. The topological polar surface area (TPSA) is 31.4 Å². The maximum absolute atomic E-state index is 12.8. The lowest BCUT2D eigenvalue weighted by Crippen LogP contribution is -2.22. The van der Waals surface area contributed by atoms with E-state index in [9.17, 15) is 26.3 Å². The smallest absolute Gasteiger partial charge is 0.495 e. The molecule has 0 fully saturated rings. The molecule has 0 saturated heterocycles. The van der Waals surface area contributed by atoms with Crippen LogP contribution in [0, 0.1) is 0 Å². The van der Waals surface area contributed by atoms with Gasteiger partial charge in [-0.15, -0.1) is 24.8 Å². The summed E-state index contributed by atoms with van der Waals surface area (Å²) in [5, 5.41) is 0. The number of hydrogen-bond donors (Lipinski definition) is 0. The van der Waals surface area contributed by atoms with E-state index in [2.05, 4.69) is 14.5 Å². The Morgan fingerprint density at radius 2 is 1.79 bits per heavy atom. The third-order valence-corrected chi connectivity index (χ3v) is 2.23. The minimum absolute atomic E-state index is 0.378. The van der Waals surface area contributed by atoms with E-state index in [-0.39, 0.29) is 5.75 Å². The molecule has 0 atom stereocenters. The first-order valence-corrected chi connectivity index (χ1v) is 5.08. The molecule has 1 heterocycles. The number of halogens is 7. The molecular formula is C9H6ClF6NO2. The van der Waals surface area contributed by atoms with Crippen molar-refractivity contribution in [2.24, 2.45) is 0 Å². The first-order valence-electron chi connectivity index (χ1n) is 4.55. The van der Waals surface area contributed by atoms with Crippen molar-refractivity contribution >= 4 is 11.6 Å². The Hall–Kier alpha value is -1.38. The molecule has 10 heteroatoms. The highest BCUT2D eigenvalue weighted by Gasteiger charge is 2.43. The molecule has 0 aromatic carbocycles. The number of ether oxygens (including phenoxy) is 2. The second-order valence-corrected chi connectivity index (χ2v) is 3.43. The number of aromatic nitrogens is 1. The third-order valence-electron chi connectivity index (χ3n) is 1.96. The summed E-state index contributed by atoms with van der Waals surface area (Å²) in [6.07, 6.45) is -9.74. The van der Waals surface area contributed by atoms with E-state index in [1.54, 1.807) is 0 Å². The minimum atomic E-state index is -5.30. The highest BCUT2D eigenvalue weighted by molar-refractivity contribution is 6.17. The molecule has 0 spiro atoms. The van der Waals surface area contributed by atoms with Crippen LogP contribution >= 0.6 is 11.6 Å². The van der Waals surface area contributed by atoms with Gasteiger partial charge in [0, 0.05) is 5.56 Å². The van der Waals surface area contributed by atoms with Crippen molar-refractivity contribution in [2.45, 2.75) is 18.4 Å². The summed E-state index contributed by atoms with van der Waals surface area (Å²) in [5.74, 6) is -2.71. The van der Waals surface area contributed by atoms with E-state index in [0.717, 1.165) is 7.11 Å². The summed E-state index contributed by atoms with van der Waals surface area (Å²) in [7, 11) is 1.04. The van der Waals surface area contributed by atoms with Gasteiger partial charge in [0.1, 0.15) is 11.3 Å². The molecule has 0 unspecified atom stereocenters. The number of alkyl halides is 7. The lowest BCUT2D eigenvalue weighted by molar-refractivity contribution is -0.277. The van der Waals surface area contributed by atoms with Crippen LogP contribution in [0.4, 0.5) is 26.3 Å². The van der Waals surface area contributed by atoms with Crippen LogP contribution in [0.2, 0.25) is 0 Å². The van der Waals surface area contributed by atoms with Gasteiger partial charge in [-0.1, -0.05) is 0 Å². The van der Waals surface area contributed by atoms with Crippen LogP contribution in [-0.4, -0.2) is 18.5 Å². The second kappa shape index (κ2) is 5.32. The highest BCUT2D eigenvalue weighted by atomic mass is 35.5. The molecule has 0 aliphatic heterocycles. The van der Waals surface area contributed by atoms with Gasteiger partial charge in [0.15, 0.2) is 0 Å². The second-order valence-electron chi connectivity index (χ2n) is 3.16. The van der Waals surface area contributed by atoms with E-state index in [0.29, 0.717) is 6.20 Å². The number of rotatable bonds is 3. The van der Waals surface area contributed by atoms with Gasteiger partial charge < -0.3 is 9.47 Å². The summed E-state index contributed by atoms with van der Waals surface area (Å²) in [6.45, 7) is 0. The monoisotopic (exact) mass is 309 g/mol. The first-order chi connectivity index (χ1) is 8.60. The Morgan fingerprint density at radius 3 is 2.16 bits per heavy atom. The number of methoxy groups -OCH3 is 1. The van der Waals surface area contributed by atoms with Crippen LogP contribution in [0.25, 0.3) is 0 Å². The lowest BCUT2D eigenvalue weighted by Gasteiger charge is -2.18. The fourth-order valence-electron chi connectivity index (χ4n) is 1.30. The van der Waals surface area contributed by atoms with Gasteiger partial charge in [0.25, 0.3) is 0 Å². The predicted octanol–water partition coefficient (Wildman–Crippen LogP) is 3.75. The van der Waals surface area contributed by atoms with Crippen LogP contribution in [0.1, 0.15) is 11.1 Å². The molecule has 0 radical (unpaired) electrons. The zero-order valence-electron chi connectivity index (χ0n) is 9.19. The van der Waals surface area contributed by atoms with Gasteiger partial charge in [-0.3, -0.25) is 0 Å². The molecular weight excluding hydrogens is 304 g/mol. The van der Waals surface area contributed by atoms with Crippen LogP contribution in [0.3, 0.4) is 0 Å². The zero-order chi connectivity index (χ0) is 14.8. The average Bonchev–Trinajstić information content (AvgIpc) is 2.24. The largest absolute Gasteiger partial charge is 0.574 e. The van der Waals surface area contributed by atoms with Crippen LogP contribution < -0.4 is 9.47 Å². The van der Waals surface area contributed by atoms with Crippen LogP contribution in [0.15, 0.2) is 6.20 Å². The van der Waals surface area contributed by atoms with Gasteiger partial charge in [0.2, 0.25) is 5.88 Å². The Balaban J connectivity index is 3.48. The molecule has 108 valence electrons. The van der Waals surface area contributed by atoms with Crippen molar-refractivity contribution in [3.63, 3.8) is 0 Å². The summed E-state index contributed by atoms with van der Waals surface area (Å²) in [5.41, 5.74) is -2.38. The van der Waals surface area contributed by atoms with E-state index in [1.807, 2.05) is 0 Å². The Kier molecular flexibility index (Phi) is 4.39. The molecule has 0 saturated carbocycles. The molecule has 3 nitrogen and oxygen atoms in total. The van der Waals surface area contributed by atoms with Crippen LogP contribution in [0.5, 0.6) is 11.6 Å². The van der Waals surface area contributed by atoms with E-state index >= 15 is 0 Å². The highest BCUT2D eigenvalue weighted by Crippen LogP contribution is 2.42. The standard InChI is InChI=1S/C9H6ClF6NO2/c1-18-5-3-17-7(19-9(14,15)16)6(4(5)2-10)8(11,12)13/h3H,2H2,1H3. The van der Waals surface area contributed by atoms with E-state index < -0.39 is 35.4 Å². The quantitative estimate of drug-likeness (QED) is 0.629. The van der Waals surface area contributed by atoms with Crippen molar-refractivity contribution in [3.8, 4) is 11.6 Å². The predicted molar refractivity (Wildman–Crippen MR) is 52.0 cm³/mol. The maximum Gasteiger partial charge on any atom is 0.574 e. The fraction of sp³-hybridized carbons (Fsp3) is 0.444. The minimum Gasteiger partial charge on any atom is -0.495 e. The molecule has 0 N–H and O–H groups in total. The number of hydrogen-bond acceptors (Lipinski definition) is 3. The van der Waals surface area contributed by atoms with Crippen molar-refractivity contribution < 1.29 is 35.8 Å². The summed E-state index contributed by atoms with van der Waals surface area (Å²) < 4.78 is 82.3. The van der Waals surface area contributed by atoms with Gasteiger partial charge in [-0.05, 0) is 0 Å². The summed E-state index contributed by atoms with van der Waals surface area (Å²) >= 11 is 5.32. The van der Waals surface area contributed by atoms with Crippen molar-refractivity contribution in [2.75, 3.05) is 7.11 Å². The van der Waals surface area contributed by atoms with Gasteiger partial charge in [-0.2, -0.15) is 13.2 Å². The van der Waals surface area contributed by atoms with Gasteiger partial charge in [0.05, 0.1) is 19.2 Å². The maximum atomic E-state index is 12.8. The number of pyridine rings is 1. The molecule has 19 heavy (non-hydrogen) atoms. The zero-order valence-corrected chi connectivity index (χ0v) is 9.95. The van der Waals surface area contributed by atoms with Crippen molar-refractivity contribution in [1.82, 2.24) is 4.98 Å². The fourth-order valence-corrected chi connectivity index (χ4v) is 1.57. The normalized spacial score (nSPS) is 12.4. The molecule has 0 aliphatic rings. The Morgan fingerprint density at radius 1 is 1.21 bits per heavy atom. The Labute approximate surface area is 108 Å².